The first-order valence-electron chi connectivity index (χ1n) is 20.9. The summed E-state index contributed by atoms with van der Waals surface area (Å²) in [5, 5.41) is 7.57. The van der Waals surface area contributed by atoms with Crippen LogP contribution in [0.3, 0.4) is 0 Å². The molecule has 14 heteroatoms. The van der Waals surface area contributed by atoms with Crippen molar-refractivity contribution in [3.63, 3.8) is 0 Å². The SMILES string of the molecule is COC(=O)N[C@H](C(=O)N1CCC[C@H]1c1ncc(-c2ccc(-c3ccc4c(ccc5[nH]c([C@@H]6CCCN6C(=O)[C@@H](NC(=O)OC)C(C)C)nc54)c3)c3c2CCC3)[nH]1)C(C)C. The molecular formula is C45H54N8O6. The Labute approximate surface area is 343 Å². The molecule has 4 amide bonds. The third-order valence-corrected chi connectivity index (χ3v) is 12.5. The van der Waals surface area contributed by atoms with Crippen molar-refractivity contribution in [2.24, 2.45) is 11.8 Å². The molecule has 0 unspecified atom stereocenters. The summed E-state index contributed by atoms with van der Waals surface area (Å²) >= 11 is 0. The number of hydrogen-bond donors (Lipinski definition) is 4. The van der Waals surface area contributed by atoms with Gasteiger partial charge in [-0.25, -0.2) is 19.6 Å². The number of aromatic amines is 2. The zero-order valence-electron chi connectivity index (χ0n) is 34.7. The van der Waals surface area contributed by atoms with Crippen molar-refractivity contribution in [1.82, 2.24) is 40.4 Å². The molecule has 2 aliphatic heterocycles. The number of likely N-dealkylation sites (tertiary alicyclic amines) is 2. The monoisotopic (exact) mass is 802 g/mol. The van der Waals surface area contributed by atoms with Crippen molar-refractivity contribution < 1.29 is 28.7 Å². The summed E-state index contributed by atoms with van der Waals surface area (Å²) in [6.45, 7) is 8.86. The number of carbonyl (C=O) groups is 4. The normalized spacial score (nSPS) is 18.8. The Morgan fingerprint density at radius 1 is 0.729 bits per heavy atom. The number of methoxy groups -OCH3 is 2. The topological polar surface area (TPSA) is 175 Å². The average Bonchev–Trinajstić information content (AvgIpc) is 4.09. The third kappa shape index (κ3) is 7.49. The number of rotatable bonds is 10. The van der Waals surface area contributed by atoms with E-state index in [1.807, 2.05) is 43.7 Å². The van der Waals surface area contributed by atoms with Crippen LogP contribution < -0.4 is 10.6 Å². The number of imidazole rings is 2. The fourth-order valence-electron chi connectivity index (χ4n) is 9.40. The summed E-state index contributed by atoms with van der Waals surface area (Å²) in [6, 6.07) is 13.4. The maximum atomic E-state index is 13.8. The van der Waals surface area contributed by atoms with Crippen LogP contribution in [0.15, 0.2) is 48.7 Å². The van der Waals surface area contributed by atoms with Gasteiger partial charge in [-0.05, 0) is 96.6 Å². The van der Waals surface area contributed by atoms with Gasteiger partial charge in [0.05, 0.1) is 49.2 Å². The molecule has 0 saturated carbocycles. The second-order valence-electron chi connectivity index (χ2n) is 16.8. The van der Waals surface area contributed by atoms with E-state index in [4.69, 9.17) is 19.4 Å². The number of alkyl carbamates (subject to hydrolysis) is 2. The van der Waals surface area contributed by atoms with Gasteiger partial charge in [-0.2, -0.15) is 0 Å². The van der Waals surface area contributed by atoms with Gasteiger partial charge in [0, 0.05) is 24.0 Å². The number of aromatic nitrogens is 4. The molecule has 4 heterocycles. The predicted molar refractivity (Wildman–Crippen MR) is 224 cm³/mol. The summed E-state index contributed by atoms with van der Waals surface area (Å²) in [5.41, 5.74) is 8.89. The summed E-state index contributed by atoms with van der Waals surface area (Å²) in [5.74, 6) is 1.04. The van der Waals surface area contributed by atoms with Crippen molar-refractivity contribution in [2.75, 3.05) is 27.3 Å². The first kappa shape index (κ1) is 39.9. The molecular weight excluding hydrogens is 749 g/mol. The minimum absolute atomic E-state index is 0.104. The molecule has 2 saturated heterocycles. The van der Waals surface area contributed by atoms with E-state index in [9.17, 15) is 19.2 Å². The summed E-state index contributed by atoms with van der Waals surface area (Å²) in [7, 11) is 2.60. The summed E-state index contributed by atoms with van der Waals surface area (Å²) in [4.78, 5) is 72.3. The molecule has 59 heavy (non-hydrogen) atoms. The van der Waals surface area contributed by atoms with Gasteiger partial charge in [-0.15, -0.1) is 0 Å². The van der Waals surface area contributed by atoms with Gasteiger partial charge >= 0.3 is 12.2 Å². The molecule has 2 fully saturated rings. The number of H-pyrrole nitrogens is 2. The van der Waals surface area contributed by atoms with E-state index >= 15 is 0 Å². The standard InChI is InChI=1S/C45H54N8O6/c1-24(2)37(50-44(56)58-5)42(54)52-20-8-12-35(52)40-46-23-34(48-40)32-18-17-28(30-10-7-11-31(30)32)26-14-16-29-27(22-26)15-19-33-39(29)49-41(47-33)36-13-9-21-53(36)43(55)38(25(3)4)51-45(57)59-6/h14-19,22-25,35-38H,7-13,20-21H2,1-6H3,(H,46,48)(H,47,49)(H,50,56)(H,51,57)/t35-,36-,37-,38-/m0/s1. The minimum Gasteiger partial charge on any atom is -0.453 e. The molecule has 310 valence electrons. The van der Waals surface area contributed by atoms with Crippen LogP contribution in [0.2, 0.25) is 0 Å². The largest absolute Gasteiger partial charge is 0.453 e. The molecule has 4 N–H and O–H groups in total. The highest BCUT2D eigenvalue weighted by Gasteiger charge is 2.39. The highest BCUT2D eigenvalue weighted by molar-refractivity contribution is 6.05. The summed E-state index contributed by atoms with van der Waals surface area (Å²) in [6.07, 6.45) is 6.95. The number of nitrogens with one attached hydrogen (secondary N) is 4. The number of benzene rings is 3. The van der Waals surface area contributed by atoms with Gasteiger partial charge in [0.25, 0.3) is 0 Å². The van der Waals surface area contributed by atoms with Crippen LogP contribution in [0.4, 0.5) is 9.59 Å². The van der Waals surface area contributed by atoms with E-state index in [1.165, 1.54) is 30.9 Å². The van der Waals surface area contributed by atoms with Gasteiger partial charge in [0.2, 0.25) is 11.8 Å². The number of nitrogens with zero attached hydrogens (tertiary/aromatic N) is 4. The molecule has 4 atom stereocenters. The minimum atomic E-state index is -0.693. The van der Waals surface area contributed by atoms with Crippen LogP contribution in [0.1, 0.15) is 94.7 Å². The Kier molecular flexibility index (Phi) is 11.1. The van der Waals surface area contributed by atoms with Gasteiger partial charge in [0.1, 0.15) is 23.7 Å². The molecule has 0 radical (unpaired) electrons. The number of fused-ring (bicyclic) bond motifs is 4. The Morgan fingerprint density at radius 3 is 1.93 bits per heavy atom. The van der Waals surface area contributed by atoms with Crippen LogP contribution in [-0.2, 0) is 31.9 Å². The Bertz CT molecular complexity index is 2420. The lowest BCUT2D eigenvalue weighted by Crippen LogP contribution is -2.51. The highest BCUT2D eigenvalue weighted by atomic mass is 16.5. The van der Waals surface area contributed by atoms with Crippen LogP contribution in [0.25, 0.3) is 44.2 Å². The molecule has 0 bridgehead atoms. The van der Waals surface area contributed by atoms with E-state index < -0.39 is 24.3 Å². The van der Waals surface area contributed by atoms with Gasteiger partial charge in [0.15, 0.2) is 0 Å². The third-order valence-electron chi connectivity index (χ3n) is 12.5. The average molecular weight is 803 g/mol. The van der Waals surface area contributed by atoms with Crippen LogP contribution >= 0.6 is 0 Å². The van der Waals surface area contributed by atoms with E-state index in [2.05, 4.69) is 63.1 Å². The Hall–Kier alpha value is -5.92. The molecule has 3 aromatic carbocycles. The quantitative estimate of drug-likeness (QED) is 0.113. The van der Waals surface area contributed by atoms with Crippen LogP contribution in [-0.4, -0.2) is 93.1 Å². The van der Waals surface area contributed by atoms with Gasteiger partial charge in [-0.3, -0.25) is 9.59 Å². The Morgan fingerprint density at radius 2 is 1.32 bits per heavy atom. The summed E-state index contributed by atoms with van der Waals surface area (Å²) < 4.78 is 9.60. The van der Waals surface area contributed by atoms with Gasteiger partial charge in [-0.1, -0.05) is 58.0 Å². The predicted octanol–water partition coefficient (Wildman–Crippen LogP) is 7.35. The zero-order chi connectivity index (χ0) is 41.5. The lowest BCUT2D eigenvalue weighted by Gasteiger charge is -2.30. The van der Waals surface area contributed by atoms with Crippen LogP contribution in [0.5, 0.6) is 0 Å². The van der Waals surface area contributed by atoms with E-state index in [0.29, 0.717) is 13.1 Å². The lowest BCUT2D eigenvalue weighted by molar-refractivity contribution is -0.136. The number of hydrogen-bond acceptors (Lipinski definition) is 8. The first-order chi connectivity index (χ1) is 28.5. The fraction of sp³-hybridized carbons (Fsp3) is 0.467. The highest BCUT2D eigenvalue weighted by Crippen LogP contribution is 2.41. The van der Waals surface area contributed by atoms with Crippen LogP contribution in [0, 0.1) is 11.8 Å². The van der Waals surface area contributed by atoms with Crippen molar-refractivity contribution in [3.8, 4) is 22.4 Å². The maximum Gasteiger partial charge on any atom is 0.407 e. The zero-order valence-corrected chi connectivity index (χ0v) is 34.7. The smallest absolute Gasteiger partial charge is 0.407 e. The fourth-order valence-corrected chi connectivity index (χ4v) is 9.40. The van der Waals surface area contributed by atoms with E-state index in [0.717, 1.165) is 95.2 Å². The Balaban J connectivity index is 1.04. The first-order valence-corrected chi connectivity index (χ1v) is 20.9. The van der Waals surface area contributed by atoms with E-state index in [-0.39, 0.29) is 35.7 Å². The van der Waals surface area contributed by atoms with Crippen molar-refractivity contribution in [1.29, 1.82) is 0 Å². The van der Waals surface area contributed by atoms with Gasteiger partial charge < -0.3 is 39.9 Å². The number of carbonyl (C=O) groups excluding carboxylic acids is 4. The lowest BCUT2D eigenvalue weighted by atomic mass is 9.91. The number of amides is 4. The number of ether oxygens (including phenoxy) is 2. The molecule has 8 rings (SSSR count). The molecule has 3 aliphatic rings. The molecule has 2 aromatic heterocycles. The molecule has 1 aliphatic carbocycles. The van der Waals surface area contributed by atoms with Crippen molar-refractivity contribution >= 4 is 45.8 Å². The second kappa shape index (κ2) is 16.4. The van der Waals surface area contributed by atoms with E-state index in [1.54, 1.807) is 0 Å². The molecule has 0 spiro atoms. The van der Waals surface area contributed by atoms with Crippen molar-refractivity contribution in [2.45, 2.75) is 96.8 Å². The molecule has 5 aromatic rings. The molecule has 14 nitrogen and oxygen atoms in total. The maximum absolute atomic E-state index is 13.8. The van der Waals surface area contributed by atoms with Crippen molar-refractivity contribution in [3.05, 3.63) is 71.4 Å². The second-order valence-corrected chi connectivity index (χ2v) is 16.8.